The number of rotatable bonds is 5. The molecular weight excluding hydrogens is 373 g/mol. The van der Waals surface area contributed by atoms with Crippen molar-refractivity contribution in [2.24, 2.45) is 0 Å². The summed E-state index contributed by atoms with van der Waals surface area (Å²) in [6.07, 6.45) is 6.41. The molecule has 0 unspecified atom stereocenters. The topological polar surface area (TPSA) is 19.4 Å². The molecule has 0 amide bonds. The van der Waals surface area contributed by atoms with E-state index in [-0.39, 0.29) is 5.82 Å². The number of piperidine rings is 1. The predicted molar refractivity (Wildman–Crippen MR) is 120 cm³/mol. The third-order valence-electron chi connectivity index (χ3n) is 6.61. The number of anilines is 1. The van der Waals surface area contributed by atoms with Crippen LogP contribution in [0.2, 0.25) is 0 Å². The van der Waals surface area contributed by atoms with Crippen molar-refractivity contribution in [1.82, 2.24) is 9.88 Å². The first-order valence-electron chi connectivity index (χ1n) is 11.0. The third kappa shape index (κ3) is 4.10. The number of hydrogen-bond acceptors (Lipinski definition) is 3. The lowest BCUT2D eigenvalue weighted by atomic mass is 10.0. The van der Waals surface area contributed by atoms with Crippen LogP contribution in [0.3, 0.4) is 0 Å². The summed E-state index contributed by atoms with van der Waals surface area (Å²) in [7, 11) is 0. The summed E-state index contributed by atoms with van der Waals surface area (Å²) in [6.45, 7) is 4.45. The fourth-order valence-electron chi connectivity index (χ4n) is 4.87. The lowest BCUT2D eigenvalue weighted by molar-refractivity contribution is 0.212. The van der Waals surface area contributed by atoms with Crippen LogP contribution >= 0.6 is 0 Å². The first-order chi connectivity index (χ1) is 14.8. The van der Waals surface area contributed by atoms with E-state index in [4.69, 9.17) is 0 Å². The molecule has 30 heavy (non-hydrogen) atoms. The molecule has 2 aliphatic heterocycles. The molecule has 0 radical (unpaired) electrons. The Kier molecular flexibility index (Phi) is 5.50. The first kappa shape index (κ1) is 19.3. The van der Waals surface area contributed by atoms with Gasteiger partial charge in [0.2, 0.25) is 0 Å². The molecule has 2 aliphatic rings. The molecule has 1 fully saturated rings. The molecule has 0 spiro atoms. The van der Waals surface area contributed by atoms with Crippen LogP contribution in [0.1, 0.15) is 24.0 Å². The van der Waals surface area contributed by atoms with Gasteiger partial charge in [-0.1, -0.05) is 30.3 Å². The van der Waals surface area contributed by atoms with Gasteiger partial charge in [-0.3, -0.25) is 4.98 Å². The van der Waals surface area contributed by atoms with Crippen molar-refractivity contribution >= 4 is 5.69 Å². The maximum Gasteiger partial charge on any atom is 0.123 e. The van der Waals surface area contributed by atoms with E-state index < -0.39 is 0 Å². The second-order valence-corrected chi connectivity index (χ2v) is 8.45. The maximum atomic E-state index is 13.1. The van der Waals surface area contributed by atoms with E-state index >= 15 is 0 Å². The smallest absolute Gasteiger partial charge is 0.123 e. The highest BCUT2D eigenvalue weighted by Crippen LogP contribution is 2.35. The summed E-state index contributed by atoms with van der Waals surface area (Å²) in [4.78, 5) is 9.72. The molecule has 3 heterocycles. The van der Waals surface area contributed by atoms with E-state index in [1.54, 1.807) is 12.1 Å². The van der Waals surface area contributed by atoms with Gasteiger partial charge in [0.05, 0.1) is 5.69 Å². The number of nitrogens with zero attached hydrogens (tertiary/aromatic N) is 3. The molecule has 1 saturated heterocycles. The van der Waals surface area contributed by atoms with E-state index in [1.165, 1.54) is 35.2 Å². The molecule has 0 N–H and O–H groups in total. The first-order valence-corrected chi connectivity index (χ1v) is 11.0. The van der Waals surface area contributed by atoms with E-state index in [2.05, 4.69) is 45.1 Å². The van der Waals surface area contributed by atoms with Crippen LogP contribution in [0.5, 0.6) is 0 Å². The Morgan fingerprint density at radius 1 is 0.933 bits per heavy atom. The molecule has 3 aromatic rings. The third-order valence-corrected chi connectivity index (χ3v) is 6.61. The Balaban J connectivity index is 1.21. The highest BCUT2D eigenvalue weighted by Gasteiger charge is 2.29. The summed E-state index contributed by atoms with van der Waals surface area (Å²) in [5, 5.41) is 0. The average Bonchev–Trinajstić information content (AvgIpc) is 3.23. The molecule has 0 bridgehead atoms. The zero-order valence-electron chi connectivity index (χ0n) is 17.3. The minimum Gasteiger partial charge on any atom is -0.368 e. The summed E-state index contributed by atoms with van der Waals surface area (Å²) in [5.74, 6) is -0.156. The lowest BCUT2D eigenvalue weighted by Gasteiger charge is -2.38. The second kappa shape index (κ2) is 8.57. The van der Waals surface area contributed by atoms with Crippen LogP contribution in [0.25, 0.3) is 11.3 Å². The summed E-state index contributed by atoms with van der Waals surface area (Å²) in [6, 6.07) is 20.5. The summed E-state index contributed by atoms with van der Waals surface area (Å²) >= 11 is 0. The van der Waals surface area contributed by atoms with Gasteiger partial charge < -0.3 is 9.80 Å². The molecule has 1 aromatic heterocycles. The van der Waals surface area contributed by atoms with Crippen molar-refractivity contribution in [2.45, 2.75) is 31.7 Å². The van der Waals surface area contributed by atoms with Crippen molar-refractivity contribution in [3.63, 3.8) is 0 Å². The van der Waals surface area contributed by atoms with Crippen LogP contribution in [0.15, 0.2) is 66.9 Å². The summed E-state index contributed by atoms with van der Waals surface area (Å²) < 4.78 is 13.1. The van der Waals surface area contributed by atoms with E-state index in [1.807, 2.05) is 24.4 Å². The molecule has 0 aliphatic carbocycles. The minimum atomic E-state index is -0.156. The number of hydrogen-bond donors (Lipinski definition) is 0. The molecule has 4 heteroatoms. The lowest BCUT2D eigenvalue weighted by Crippen LogP contribution is -2.45. The van der Waals surface area contributed by atoms with Crippen molar-refractivity contribution in [2.75, 3.05) is 31.1 Å². The van der Waals surface area contributed by atoms with E-state index in [0.29, 0.717) is 6.04 Å². The van der Waals surface area contributed by atoms with Gasteiger partial charge in [0, 0.05) is 49.7 Å². The molecule has 2 aromatic carbocycles. The maximum absolute atomic E-state index is 13.1. The Hall–Kier alpha value is -2.72. The molecule has 3 nitrogen and oxygen atoms in total. The Bertz CT molecular complexity index is 979. The Labute approximate surface area is 178 Å². The van der Waals surface area contributed by atoms with E-state index in [9.17, 15) is 4.39 Å². The zero-order valence-corrected chi connectivity index (χ0v) is 17.3. The van der Waals surface area contributed by atoms with Gasteiger partial charge in [0.25, 0.3) is 0 Å². The highest BCUT2D eigenvalue weighted by molar-refractivity contribution is 5.70. The molecule has 0 saturated carbocycles. The van der Waals surface area contributed by atoms with Crippen molar-refractivity contribution < 1.29 is 4.39 Å². The normalized spacial score (nSPS) is 17.3. The van der Waals surface area contributed by atoms with Crippen LogP contribution in [0, 0.1) is 5.82 Å². The van der Waals surface area contributed by atoms with Crippen LogP contribution < -0.4 is 4.90 Å². The number of likely N-dealkylation sites (tertiary alicyclic amines) is 1. The van der Waals surface area contributed by atoms with Crippen LogP contribution in [-0.2, 0) is 12.8 Å². The number of aromatic nitrogens is 1. The molecule has 154 valence electrons. The fourth-order valence-corrected chi connectivity index (χ4v) is 4.87. The molecule has 5 rings (SSSR count). The van der Waals surface area contributed by atoms with Gasteiger partial charge in [0.1, 0.15) is 5.82 Å². The van der Waals surface area contributed by atoms with Crippen LogP contribution in [-0.4, -0.2) is 42.1 Å². The molecular formula is C26H28FN3. The standard InChI is InChI=1S/C26H28FN3/c27-23-8-4-20(5-9-23)10-15-29-16-12-24(13-17-29)30-18-11-21-6-7-22(19-26(21)30)25-3-1-2-14-28-25/h1-9,14,19,24H,10-13,15-18H2. The second-order valence-electron chi connectivity index (χ2n) is 8.45. The Morgan fingerprint density at radius 2 is 1.77 bits per heavy atom. The van der Waals surface area contributed by atoms with Crippen molar-refractivity contribution in [3.8, 4) is 11.3 Å². The predicted octanol–water partition coefficient (Wildman–Crippen LogP) is 4.96. The van der Waals surface area contributed by atoms with Gasteiger partial charge in [-0.15, -0.1) is 0 Å². The fraction of sp³-hybridized carbons (Fsp3) is 0.346. The van der Waals surface area contributed by atoms with Crippen molar-refractivity contribution in [1.29, 1.82) is 0 Å². The minimum absolute atomic E-state index is 0.156. The number of halogens is 1. The number of benzene rings is 2. The SMILES string of the molecule is Fc1ccc(CCN2CCC(N3CCc4ccc(-c5ccccn5)cc43)CC2)cc1. The molecule has 0 atom stereocenters. The quantitative estimate of drug-likeness (QED) is 0.603. The van der Waals surface area contributed by atoms with Gasteiger partial charge in [0.15, 0.2) is 0 Å². The van der Waals surface area contributed by atoms with Crippen LogP contribution in [0.4, 0.5) is 10.1 Å². The van der Waals surface area contributed by atoms with Gasteiger partial charge in [-0.25, -0.2) is 4.39 Å². The van der Waals surface area contributed by atoms with Gasteiger partial charge in [-0.2, -0.15) is 0 Å². The van der Waals surface area contributed by atoms with Gasteiger partial charge in [-0.05, 0) is 67.1 Å². The van der Waals surface area contributed by atoms with Crippen molar-refractivity contribution in [3.05, 3.63) is 83.8 Å². The Morgan fingerprint density at radius 3 is 2.53 bits per heavy atom. The number of fused-ring (bicyclic) bond motifs is 1. The largest absolute Gasteiger partial charge is 0.368 e. The van der Waals surface area contributed by atoms with E-state index in [0.717, 1.165) is 44.7 Å². The zero-order chi connectivity index (χ0) is 20.3. The van der Waals surface area contributed by atoms with Gasteiger partial charge >= 0.3 is 0 Å². The highest BCUT2D eigenvalue weighted by atomic mass is 19.1. The number of pyridine rings is 1. The average molecular weight is 402 g/mol. The monoisotopic (exact) mass is 401 g/mol. The summed E-state index contributed by atoms with van der Waals surface area (Å²) in [5.41, 5.74) is 6.34.